The first-order valence-corrected chi connectivity index (χ1v) is 6.02. The monoisotopic (exact) mass is 256 g/mol. The minimum atomic E-state index is -0.903. The van der Waals surface area contributed by atoms with Gasteiger partial charge in [0.2, 0.25) is 0 Å². The fraction of sp³-hybridized carbons (Fsp3) is 0.200. The van der Waals surface area contributed by atoms with Gasteiger partial charge in [-0.05, 0) is 56.7 Å². The maximum absolute atomic E-state index is 11.0. The van der Waals surface area contributed by atoms with Crippen LogP contribution in [0.1, 0.15) is 27.3 Å². The lowest BCUT2D eigenvalue weighted by molar-refractivity contribution is 0.0696. The third-order valence-electron chi connectivity index (χ3n) is 2.83. The highest BCUT2D eigenvalue weighted by Gasteiger charge is 2.07. The molecule has 1 aromatic heterocycles. The zero-order valence-corrected chi connectivity index (χ0v) is 11.2. The Labute approximate surface area is 112 Å². The van der Waals surface area contributed by atoms with Crippen molar-refractivity contribution in [2.45, 2.75) is 20.8 Å². The summed E-state index contributed by atoms with van der Waals surface area (Å²) in [7, 11) is 0. The molecular weight excluding hydrogens is 240 g/mol. The summed E-state index contributed by atoms with van der Waals surface area (Å²) in [6, 6.07) is 9.11. The number of nitrogens with one attached hydrogen (secondary N) is 1. The van der Waals surface area contributed by atoms with Crippen LogP contribution in [0.4, 0.5) is 11.4 Å². The molecule has 19 heavy (non-hydrogen) atoms. The van der Waals surface area contributed by atoms with Crippen LogP contribution in [-0.4, -0.2) is 16.1 Å². The smallest absolute Gasteiger partial charge is 0.335 e. The number of anilines is 2. The van der Waals surface area contributed by atoms with Crippen molar-refractivity contribution in [1.82, 2.24) is 4.98 Å². The molecule has 0 radical (unpaired) electrons. The summed E-state index contributed by atoms with van der Waals surface area (Å²) >= 11 is 0. The van der Waals surface area contributed by atoms with E-state index in [9.17, 15) is 4.79 Å². The highest BCUT2D eigenvalue weighted by atomic mass is 16.4. The lowest BCUT2D eigenvalue weighted by atomic mass is 10.1. The molecule has 98 valence electrons. The highest BCUT2D eigenvalue weighted by Crippen LogP contribution is 2.21. The van der Waals surface area contributed by atoms with Crippen LogP contribution in [-0.2, 0) is 0 Å². The molecule has 0 unspecified atom stereocenters. The Hall–Kier alpha value is -2.36. The molecule has 0 aliphatic carbocycles. The van der Waals surface area contributed by atoms with Crippen LogP contribution in [0.3, 0.4) is 0 Å². The summed E-state index contributed by atoms with van der Waals surface area (Å²) in [6.45, 7) is 5.67. The number of hydrogen-bond donors (Lipinski definition) is 2. The van der Waals surface area contributed by atoms with Gasteiger partial charge < -0.3 is 10.4 Å². The zero-order valence-electron chi connectivity index (χ0n) is 11.2. The van der Waals surface area contributed by atoms with Crippen LogP contribution in [0.5, 0.6) is 0 Å². The molecule has 1 aromatic carbocycles. The maximum atomic E-state index is 11.0. The first-order chi connectivity index (χ1) is 8.95. The van der Waals surface area contributed by atoms with Crippen molar-refractivity contribution in [3.05, 3.63) is 52.8 Å². The molecular formula is C15H16N2O2. The molecule has 4 nitrogen and oxygen atoms in total. The zero-order chi connectivity index (χ0) is 14.0. The third kappa shape index (κ3) is 3.10. The van der Waals surface area contributed by atoms with Crippen molar-refractivity contribution in [3.8, 4) is 0 Å². The molecule has 0 saturated carbocycles. The first kappa shape index (κ1) is 13.1. The Morgan fingerprint density at radius 1 is 1.05 bits per heavy atom. The number of carbonyl (C=O) groups is 1. The number of benzene rings is 1. The van der Waals surface area contributed by atoms with Crippen molar-refractivity contribution in [2.75, 3.05) is 5.32 Å². The van der Waals surface area contributed by atoms with Crippen molar-refractivity contribution in [2.24, 2.45) is 0 Å². The minimum absolute atomic E-state index is 0.327. The number of carboxylic acids is 1. The summed E-state index contributed by atoms with van der Waals surface area (Å²) < 4.78 is 0. The molecule has 2 rings (SSSR count). The molecule has 4 heteroatoms. The fourth-order valence-corrected chi connectivity index (χ4v) is 2.05. The Morgan fingerprint density at radius 3 is 2.21 bits per heavy atom. The summed E-state index contributed by atoms with van der Waals surface area (Å²) in [5, 5.41) is 12.2. The maximum Gasteiger partial charge on any atom is 0.335 e. The van der Waals surface area contributed by atoms with E-state index in [2.05, 4.69) is 10.3 Å². The lowest BCUT2D eigenvalue weighted by Gasteiger charge is -2.10. The summed E-state index contributed by atoms with van der Waals surface area (Å²) in [6.07, 6.45) is 0. The van der Waals surface area contributed by atoms with Gasteiger partial charge in [-0.1, -0.05) is 0 Å². The van der Waals surface area contributed by atoms with Gasteiger partial charge in [0.1, 0.15) is 0 Å². The summed E-state index contributed by atoms with van der Waals surface area (Å²) in [5.41, 5.74) is 4.77. The van der Waals surface area contributed by atoms with Crippen LogP contribution in [0.15, 0.2) is 30.3 Å². The van der Waals surface area contributed by atoms with Crippen molar-refractivity contribution >= 4 is 17.3 Å². The Morgan fingerprint density at radius 2 is 1.68 bits per heavy atom. The number of rotatable bonds is 3. The van der Waals surface area contributed by atoms with Crippen LogP contribution in [0.25, 0.3) is 0 Å². The number of hydrogen-bond acceptors (Lipinski definition) is 3. The number of carboxylic acid groups (broad SMARTS) is 1. The van der Waals surface area contributed by atoms with Gasteiger partial charge >= 0.3 is 5.97 Å². The normalized spacial score (nSPS) is 10.3. The van der Waals surface area contributed by atoms with Crippen molar-refractivity contribution in [3.63, 3.8) is 0 Å². The predicted molar refractivity (Wildman–Crippen MR) is 75.1 cm³/mol. The van der Waals surface area contributed by atoms with Gasteiger partial charge in [0.05, 0.1) is 5.56 Å². The van der Waals surface area contributed by atoms with E-state index in [-0.39, 0.29) is 0 Å². The molecule has 2 aromatic rings. The largest absolute Gasteiger partial charge is 0.478 e. The van der Waals surface area contributed by atoms with Gasteiger partial charge in [0.25, 0.3) is 0 Å². The highest BCUT2D eigenvalue weighted by molar-refractivity contribution is 5.90. The second-order valence-electron chi connectivity index (χ2n) is 4.60. The number of nitrogens with zero attached hydrogens (tertiary/aromatic N) is 1. The van der Waals surface area contributed by atoms with Crippen LogP contribution >= 0.6 is 0 Å². The number of aromatic carboxylic acids is 1. The Kier molecular flexibility index (Phi) is 3.51. The summed E-state index contributed by atoms with van der Waals surface area (Å²) in [5.74, 6) is -0.903. The molecule has 1 heterocycles. The Balaban J connectivity index is 2.28. The lowest BCUT2D eigenvalue weighted by Crippen LogP contribution is -2.01. The van der Waals surface area contributed by atoms with Gasteiger partial charge in [0.15, 0.2) is 0 Å². The molecule has 0 atom stereocenters. The molecule has 0 fully saturated rings. The van der Waals surface area contributed by atoms with E-state index in [1.807, 2.05) is 32.0 Å². The summed E-state index contributed by atoms with van der Waals surface area (Å²) in [4.78, 5) is 15.3. The standard InChI is InChI=1S/C15H16N2O2/c1-9-6-12(4-5-14(9)15(18)19)17-13-7-10(2)16-11(3)8-13/h4-8H,1-3H3,(H,16,17)(H,18,19). The predicted octanol–water partition coefficient (Wildman–Crippen LogP) is 3.45. The van der Waals surface area contributed by atoms with Gasteiger partial charge in [-0.2, -0.15) is 0 Å². The second kappa shape index (κ2) is 5.10. The molecule has 0 saturated heterocycles. The SMILES string of the molecule is Cc1cc(Nc2ccc(C(=O)O)c(C)c2)cc(C)n1. The van der Waals surface area contributed by atoms with Gasteiger partial charge in [0, 0.05) is 22.8 Å². The van der Waals surface area contributed by atoms with Crippen LogP contribution in [0.2, 0.25) is 0 Å². The minimum Gasteiger partial charge on any atom is -0.478 e. The average Bonchev–Trinajstić information content (AvgIpc) is 2.26. The Bertz CT molecular complexity index is 616. The van der Waals surface area contributed by atoms with Crippen molar-refractivity contribution in [1.29, 1.82) is 0 Å². The number of aryl methyl sites for hydroxylation is 3. The quantitative estimate of drug-likeness (QED) is 0.883. The molecule has 0 aliphatic rings. The fourth-order valence-electron chi connectivity index (χ4n) is 2.05. The second-order valence-corrected chi connectivity index (χ2v) is 4.60. The third-order valence-corrected chi connectivity index (χ3v) is 2.83. The topological polar surface area (TPSA) is 62.2 Å². The van der Waals surface area contributed by atoms with Gasteiger partial charge in [-0.3, -0.25) is 4.98 Å². The van der Waals surface area contributed by atoms with Crippen molar-refractivity contribution < 1.29 is 9.90 Å². The average molecular weight is 256 g/mol. The molecule has 0 amide bonds. The molecule has 0 bridgehead atoms. The van der Waals surface area contributed by atoms with E-state index < -0.39 is 5.97 Å². The number of aromatic nitrogens is 1. The van der Waals surface area contributed by atoms with E-state index >= 15 is 0 Å². The number of pyridine rings is 1. The van der Waals surface area contributed by atoms with E-state index in [0.717, 1.165) is 28.3 Å². The van der Waals surface area contributed by atoms with E-state index in [0.29, 0.717) is 5.56 Å². The van der Waals surface area contributed by atoms with E-state index in [4.69, 9.17) is 5.11 Å². The first-order valence-electron chi connectivity index (χ1n) is 6.02. The van der Waals surface area contributed by atoms with E-state index in [1.165, 1.54) is 0 Å². The van der Waals surface area contributed by atoms with Gasteiger partial charge in [-0.15, -0.1) is 0 Å². The molecule has 0 aliphatic heterocycles. The van der Waals surface area contributed by atoms with Crippen LogP contribution in [0, 0.1) is 20.8 Å². The van der Waals surface area contributed by atoms with E-state index in [1.54, 1.807) is 19.1 Å². The molecule has 0 spiro atoms. The van der Waals surface area contributed by atoms with Crippen LogP contribution < -0.4 is 5.32 Å². The molecule has 2 N–H and O–H groups in total. The van der Waals surface area contributed by atoms with Gasteiger partial charge in [-0.25, -0.2) is 4.79 Å².